The molecular formula is C67H112O52. The zero-order valence-corrected chi connectivity index (χ0v) is 63.7. The summed E-state index contributed by atoms with van der Waals surface area (Å²) in [5.41, 5.74) is 0. The van der Waals surface area contributed by atoms with E-state index in [-0.39, 0.29) is 6.42 Å². The van der Waals surface area contributed by atoms with E-state index in [0.29, 0.717) is 0 Å². The molecule has 0 bridgehead atoms. The monoisotopic (exact) mass is 1750 g/mol. The Morgan fingerprint density at radius 2 is 0.496 bits per heavy atom. The van der Waals surface area contributed by atoms with Crippen molar-refractivity contribution in [2.24, 2.45) is 0 Å². The summed E-state index contributed by atoms with van der Waals surface area (Å²) in [5.74, 6) is 0. The molecule has 12 aliphatic rings. The molecule has 0 aromatic heterocycles. The Labute approximate surface area is 674 Å². The standard InChI is InChI=1S/C67H112O52/c1-15-17(72)4-18(73)56(103-15)115-51-19(74)9-97-62(46(51)92)113-28-13-101-60(42(88)33(28)79)111-26-11-99-58(40(86)31(26)77)109-24-10-98-57(39(85)30(24)76)110-25-12-100-59(41(87)32(25)78)112-27-14-102-61(43(89)34(27)80)114-50-16(2)104-65(49(95)55(50)96-3)117-53-35(81)22(7-70)107-67(48(53)94)118-54-36(82)21(6-69)106-66(47(54)93)116-52-23(8-71)108-64(45(91)38(52)84)119-63-44(90)37(83)29(75)20(5-68)105-63/h15-95H,4-14H2,1-3H3/t15?,16-,17?,18?,19-,20+,21+,22+,23+,24-,25-,26-,27-,28-,29+,30+,31+,32+,33+,34+,35-,36+,37-,38+,39-,40-,41-,42-,43-,44+,45+,46-,47+,48+,49+,50-,51+,52+,53-,54-,55-,56?,57+,58+,59+,60+,61+,62+,63+,64+,65-,66-,67-/m0/s1. The van der Waals surface area contributed by atoms with Gasteiger partial charge in [-0.05, 0) is 13.8 Å². The van der Waals surface area contributed by atoms with Gasteiger partial charge in [0.1, 0.15) is 232 Å². The minimum atomic E-state index is -2.23. The smallest absolute Gasteiger partial charge is 0.189 e. The molecule has 692 valence electrons. The van der Waals surface area contributed by atoms with Gasteiger partial charge in [0.15, 0.2) is 75.5 Å². The van der Waals surface area contributed by atoms with Gasteiger partial charge in [0.05, 0.1) is 84.4 Å². The number of methoxy groups -OCH3 is 1. The quantitative estimate of drug-likeness (QED) is 0.0363. The fourth-order valence-electron chi connectivity index (χ4n) is 15.7. The van der Waals surface area contributed by atoms with Crippen molar-refractivity contribution in [2.45, 2.75) is 346 Å². The summed E-state index contributed by atoms with van der Waals surface area (Å²) in [5, 5.41) is 306. The summed E-state index contributed by atoms with van der Waals surface area (Å²) in [7, 11) is 1.12. The molecule has 0 spiro atoms. The van der Waals surface area contributed by atoms with E-state index in [1.54, 1.807) is 0 Å². The maximum atomic E-state index is 11.8. The maximum absolute atomic E-state index is 11.8. The molecule has 28 N–H and O–H groups in total. The Balaban J connectivity index is 0.572. The minimum Gasteiger partial charge on any atom is -0.394 e. The molecule has 0 radical (unpaired) electrons. The molecule has 0 saturated carbocycles. The Morgan fingerprint density at radius 1 is 0.210 bits per heavy atom. The summed E-state index contributed by atoms with van der Waals surface area (Å²) in [6.45, 7) is -4.41. The van der Waals surface area contributed by atoms with E-state index in [1.807, 2.05) is 0 Å². The van der Waals surface area contributed by atoms with Crippen LogP contribution in [-0.4, -0.2) is 542 Å². The van der Waals surface area contributed by atoms with E-state index < -0.39 is 392 Å². The Morgan fingerprint density at radius 3 is 0.891 bits per heavy atom. The average Bonchev–Trinajstić information content (AvgIpc) is 0.760. The van der Waals surface area contributed by atoms with Gasteiger partial charge < -0.3 is 257 Å². The molecule has 4 unspecified atom stereocenters. The highest BCUT2D eigenvalue weighted by atomic mass is 16.8. The molecule has 0 aromatic carbocycles. The normalized spacial score (nSPS) is 54.3. The van der Waals surface area contributed by atoms with Crippen molar-refractivity contribution < 1.29 is 257 Å². The van der Waals surface area contributed by atoms with Crippen molar-refractivity contribution in [2.75, 3.05) is 73.2 Å². The molecule has 0 aliphatic carbocycles. The lowest BCUT2D eigenvalue weighted by molar-refractivity contribution is -0.401. The Kier molecular flexibility index (Phi) is 33.5. The number of rotatable bonds is 27. The molecular weight excluding hydrogens is 1640 g/mol. The first-order chi connectivity index (χ1) is 56.5. The zero-order chi connectivity index (χ0) is 86.3. The van der Waals surface area contributed by atoms with Gasteiger partial charge in [-0.1, -0.05) is 0 Å². The minimum absolute atomic E-state index is 0.117. The second-order valence-corrected chi connectivity index (χ2v) is 31.0. The van der Waals surface area contributed by atoms with Gasteiger partial charge in [-0.2, -0.15) is 0 Å². The van der Waals surface area contributed by atoms with Crippen LogP contribution in [0.15, 0.2) is 0 Å². The number of aliphatic hydroxyl groups excluding tert-OH is 28. The molecule has 0 aromatic rings. The summed E-state index contributed by atoms with van der Waals surface area (Å²) < 4.78 is 136. The van der Waals surface area contributed by atoms with Gasteiger partial charge in [-0.25, -0.2) is 0 Å². The van der Waals surface area contributed by atoms with Crippen molar-refractivity contribution in [1.82, 2.24) is 0 Å². The number of hydrogen-bond acceptors (Lipinski definition) is 52. The van der Waals surface area contributed by atoms with Crippen LogP contribution in [0.5, 0.6) is 0 Å². The summed E-state index contributed by atoms with van der Waals surface area (Å²) >= 11 is 0. The van der Waals surface area contributed by atoms with Crippen LogP contribution in [-0.2, 0) is 114 Å². The predicted molar refractivity (Wildman–Crippen MR) is 359 cm³/mol. The predicted octanol–water partition coefficient (Wildman–Crippen LogP) is -19.6. The van der Waals surface area contributed by atoms with Crippen LogP contribution in [0.2, 0.25) is 0 Å². The van der Waals surface area contributed by atoms with Crippen molar-refractivity contribution in [3.63, 3.8) is 0 Å². The fraction of sp³-hybridized carbons (Fsp3) is 1.00. The highest BCUT2D eigenvalue weighted by Crippen LogP contribution is 2.40. The van der Waals surface area contributed by atoms with Gasteiger partial charge in [0, 0.05) is 13.5 Å². The van der Waals surface area contributed by atoms with Crippen molar-refractivity contribution in [3.05, 3.63) is 0 Å². The van der Waals surface area contributed by atoms with Crippen molar-refractivity contribution in [1.29, 1.82) is 0 Å². The van der Waals surface area contributed by atoms with Gasteiger partial charge >= 0.3 is 0 Å². The molecule has 12 rings (SSSR count). The third-order valence-electron chi connectivity index (χ3n) is 22.9. The van der Waals surface area contributed by atoms with Gasteiger partial charge in [0.25, 0.3) is 0 Å². The number of aliphatic hydroxyl groups is 28. The van der Waals surface area contributed by atoms with Crippen LogP contribution in [0.4, 0.5) is 0 Å². The fourth-order valence-corrected chi connectivity index (χ4v) is 15.7. The van der Waals surface area contributed by atoms with E-state index in [2.05, 4.69) is 0 Å². The SMILES string of the molecule is CO[C@H]1[C@@H](O)[C@H](O[C@H]2[C@@H](O)[C@@H](CO)O[C@@H](O[C@@H]3[C@@H](O)[C@H](O[C@H]4[C@H](O)[C@@H](O)[C@@H](O[C@H]5O[C@H](CO)[C@@H](O)[C@H](O)[C@H]5O)O[C@@H]4CO)O[C@H](CO)[C@H]3O)[C@@H]2O)O[C@@H](C)[C@@H]1O[C@H]1OC[C@H](O[C@H]2OC[C@H](O[C@H]3OC[C@H](O[C@H]4OC[C@H](O[C@H]5OC[C@H](O[C@H]6OC[C@H](O)[C@@H](OC7OC(C)C(O)CC7O)[C@@H]6O)[C@@H](O)[C@@H]5O)[C@@H](O)[C@@H]4O)[C@@H](O)[C@@H]3O)[C@@H](O)[C@@H]2O)[C@@H](O)[C@@H]1O. The zero-order valence-electron chi connectivity index (χ0n) is 63.7. The molecule has 12 fully saturated rings. The van der Waals surface area contributed by atoms with Crippen LogP contribution >= 0.6 is 0 Å². The van der Waals surface area contributed by atoms with Crippen LogP contribution in [0.1, 0.15) is 20.3 Å². The average molecular weight is 1750 g/mol. The van der Waals surface area contributed by atoms with Crippen LogP contribution in [0, 0.1) is 0 Å². The van der Waals surface area contributed by atoms with Gasteiger partial charge in [-0.3, -0.25) is 0 Å². The van der Waals surface area contributed by atoms with Gasteiger partial charge in [0.2, 0.25) is 0 Å². The van der Waals surface area contributed by atoms with E-state index in [9.17, 15) is 143 Å². The first kappa shape index (κ1) is 96.0. The lowest BCUT2D eigenvalue weighted by atomic mass is 9.95. The largest absolute Gasteiger partial charge is 0.394 e. The summed E-state index contributed by atoms with van der Waals surface area (Å²) in [6, 6.07) is 0. The molecule has 12 saturated heterocycles. The van der Waals surface area contributed by atoms with Crippen molar-refractivity contribution >= 4 is 0 Å². The topological polar surface area (TPSA) is 788 Å². The highest BCUT2D eigenvalue weighted by Gasteiger charge is 2.60. The molecule has 53 atom stereocenters. The Bertz CT molecular complexity index is 3060. The van der Waals surface area contributed by atoms with E-state index in [4.69, 9.17) is 114 Å². The third-order valence-corrected chi connectivity index (χ3v) is 22.9. The molecule has 12 aliphatic heterocycles. The lowest BCUT2D eigenvalue weighted by Crippen LogP contribution is -2.68. The van der Waals surface area contributed by atoms with E-state index in [0.717, 1.165) is 7.11 Å². The Hall–Kier alpha value is -2.08. The van der Waals surface area contributed by atoms with Crippen molar-refractivity contribution in [3.8, 4) is 0 Å². The molecule has 119 heavy (non-hydrogen) atoms. The molecule has 52 heteroatoms. The number of ether oxygens (including phenoxy) is 24. The molecule has 52 nitrogen and oxygen atoms in total. The van der Waals surface area contributed by atoms with Crippen LogP contribution in [0.25, 0.3) is 0 Å². The second-order valence-electron chi connectivity index (χ2n) is 31.0. The lowest BCUT2D eigenvalue weighted by Gasteiger charge is -2.50. The first-order valence-electron chi connectivity index (χ1n) is 38.7. The summed E-state index contributed by atoms with van der Waals surface area (Å²) in [6.07, 6.45) is -93.3. The number of hydrogen-bond donors (Lipinski definition) is 28. The van der Waals surface area contributed by atoms with Gasteiger partial charge in [-0.15, -0.1) is 0 Å². The second kappa shape index (κ2) is 41.6. The van der Waals surface area contributed by atoms with E-state index >= 15 is 0 Å². The maximum Gasteiger partial charge on any atom is 0.189 e. The van der Waals surface area contributed by atoms with Crippen LogP contribution < -0.4 is 0 Å². The van der Waals surface area contributed by atoms with Crippen LogP contribution in [0.3, 0.4) is 0 Å². The third kappa shape index (κ3) is 20.6. The molecule has 12 heterocycles. The first-order valence-corrected chi connectivity index (χ1v) is 38.7. The summed E-state index contributed by atoms with van der Waals surface area (Å²) in [4.78, 5) is 0. The molecule has 0 amide bonds. The highest BCUT2D eigenvalue weighted by molar-refractivity contribution is 5.02. The van der Waals surface area contributed by atoms with E-state index in [1.165, 1.54) is 13.8 Å².